The number of methoxy groups -OCH3 is 1. The summed E-state index contributed by atoms with van der Waals surface area (Å²) in [5, 5.41) is 11.1. The third kappa shape index (κ3) is 3.90. The van der Waals surface area contributed by atoms with Gasteiger partial charge in [-0.25, -0.2) is 4.79 Å². The van der Waals surface area contributed by atoms with Crippen molar-refractivity contribution in [3.05, 3.63) is 47.9 Å². The second-order valence-corrected chi connectivity index (χ2v) is 6.78. The molecule has 0 aliphatic carbocycles. The maximum atomic E-state index is 11.3. The third-order valence-electron chi connectivity index (χ3n) is 4.84. The van der Waals surface area contributed by atoms with Gasteiger partial charge in [-0.15, -0.1) is 0 Å². The van der Waals surface area contributed by atoms with Crippen LogP contribution >= 0.6 is 0 Å². The molecule has 4 rings (SSSR count). The summed E-state index contributed by atoms with van der Waals surface area (Å²) in [6, 6.07) is 9.50. The van der Waals surface area contributed by atoms with Gasteiger partial charge in [-0.2, -0.15) is 15.2 Å². The van der Waals surface area contributed by atoms with E-state index < -0.39 is 6.09 Å². The molecule has 1 atom stereocenters. The van der Waals surface area contributed by atoms with Crippen molar-refractivity contribution < 1.29 is 13.9 Å². The van der Waals surface area contributed by atoms with Gasteiger partial charge in [0.25, 0.3) is 0 Å². The zero-order chi connectivity index (χ0) is 19.3. The van der Waals surface area contributed by atoms with Crippen LogP contribution in [0.2, 0.25) is 0 Å². The van der Waals surface area contributed by atoms with Crippen molar-refractivity contribution in [1.29, 1.82) is 0 Å². The Morgan fingerprint density at radius 1 is 1.25 bits per heavy atom. The van der Waals surface area contributed by atoms with Crippen LogP contribution in [0.15, 0.2) is 56.8 Å². The predicted molar refractivity (Wildman–Crippen MR) is 104 cm³/mol. The Hall–Kier alpha value is -3.16. The first kappa shape index (κ1) is 18.2. The van der Waals surface area contributed by atoms with E-state index in [4.69, 9.17) is 9.40 Å². The number of rotatable bonds is 5. The average Bonchev–Trinajstić information content (AvgIpc) is 3.40. The van der Waals surface area contributed by atoms with E-state index in [0.717, 1.165) is 37.3 Å². The first-order valence-electron chi connectivity index (χ1n) is 9.49. The third-order valence-corrected chi connectivity index (χ3v) is 4.84. The van der Waals surface area contributed by atoms with Gasteiger partial charge < -0.3 is 19.4 Å². The fourth-order valence-corrected chi connectivity index (χ4v) is 3.40. The van der Waals surface area contributed by atoms with Crippen molar-refractivity contribution in [2.75, 3.05) is 31.6 Å². The van der Waals surface area contributed by atoms with Gasteiger partial charge in [-0.3, -0.25) is 0 Å². The smallest absolute Gasteiger partial charge is 0.407 e. The standard InChI is InChI=1S/C20H23N5O3/c1-27-20(26)21-13-15-12-16(24-23-15)17-18(25-10-6-3-7-11-25)22-19(28-17)14-8-4-2-5-9-14/h2,4-5,8-9,12,16H,3,6-7,10-11,13H2,1H3,(H,21,26). The Morgan fingerprint density at radius 2 is 2.04 bits per heavy atom. The molecule has 0 saturated carbocycles. The summed E-state index contributed by atoms with van der Waals surface area (Å²) in [4.78, 5) is 18.3. The number of carbonyl (C=O) groups excluding carboxylic acids is 1. The molecule has 0 spiro atoms. The number of nitrogens with one attached hydrogen (secondary N) is 1. The van der Waals surface area contributed by atoms with Crippen molar-refractivity contribution in [3.63, 3.8) is 0 Å². The van der Waals surface area contributed by atoms with E-state index >= 15 is 0 Å². The lowest BCUT2D eigenvalue weighted by Gasteiger charge is -2.27. The summed E-state index contributed by atoms with van der Waals surface area (Å²) in [7, 11) is 1.33. The van der Waals surface area contributed by atoms with Crippen molar-refractivity contribution in [2.45, 2.75) is 25.3 Å². The molecule has 0 bridgehead atoms. The van der Waals surface area contributed by atoms with Crippen LogP contribution in [0, 0.1) is 0 Å². The molecule has 1 N–H and O–H groups in total. The number of azo groups is 1. The molecule has 8 heteroatoms. The second-order valence-electron chi connectivity index (χ2n) is 6.78. The molecular formula is C20H23N5O3. The van der Waals surface area contributed by atoms with Crippen molar-refractivity contribution in [3.8, 4) is 11.5 Å². The van der Waals surface area contributed by atoms with E-state index in [0.29, 0.717) is 17.3 Å². The van der Waals surface area contributed by atoms with Crippen LogP contribution < -0.4 is 10.2 Å². The molecule has 2 aliphatic heterocycles. The zero-order valence-electron chi connectivity index (χ0n) is 15.8. The van der Waals surface area contributed by atoms with Crippen LogP contribution in [0.5, 0.6) is 0 Å². The van der Waals surface area contributed by atoms with E-state index in [2.05, 4.69) is 25.2 Å². The SMILES string of the molecule is COC(=O)NCC1=CC(c2oc(-c3ccccc3)nc2N2CCCCC2)N=N1. The number of carbonyl (C=O) groups is 1. The molecule has 2 aromatic rings. The number of hydrogen-bond donors (Lipinski definition) is 1. The Bertz CT molecular complexity index is 885. The van der Waals surface area contributed by atoms with Gasteiger partial charge in [0, 0.05) is 18.7 Å². The van der Waals surface area contributed by atoms with E-state index in [1.54, 1.807) is 0 Å². The number of nitrogens with zero attached hydrogens (tertiary/aromatic N) is 4. The fraction of sp³-hybridized carbons (Fsp3) is 0.400. The lowest BCUT2D eigenvalue weighted by molar-refractivity contribution is 0.172. The van der Waals surface area contributed by atoms with Gasteiger partial charge in [0.2, 0.25) is 5.89 Å². The van der Waals surface area contributed by atoms with Crippen molar-refractivity contribution in [2.24, 2.45) is 10.2 Å². The van der Waals surface area contributed by atoms with Gasteiger partial charge >= 0.3 is 6.09 Å². The normalized spacial score (nSPS) is 18.8. The highest BCUT2D eigenvalue weighted by Crippen LogP contribution is 2.37. The Morgan fingerprint density at radius 3 is 2.79 bits per heavy atom. The molecule has 28 heavy (non-hydrogen) atoms. The first-order valence-corrected chi connectivity index (χ1v) is 9.49. The molecule has 1 aromatic carbocycles. The van der Waals surface area contributed by atoms with E-state index in [-0.39, 0.29) is 12.6 Å². The minimum Gasteiger partial charge on any atom is -0.453 e. The zero-order valence-corrected chi connectivity index (χ0v) is 15.8. The lowest BCUT2D eigenvalue weighted by Crippen LogP contribution is -2.30. The lowest BCUT2D eigenvalue weighted by atomic mass is 10.1. The van der Waals surface area contributed by atoms with Crippen molar-refractivity contribution >= 4 is 11.9 Å². The molecule has 1 aromatic heterocycles. The van der Waals surface area contributed by atoms with Gasteiger partial charge in [0.05, 0.1) is 19.4 Å². The van der Waals surface area contributed by atoms with Gasteiger partial charge in [-0.05, 0) is 37.5 Å². The number of alkyl carbamates (subject to hydrolysis) is 1. The maximum absolute atomic E-state index is 11.3. The van der Waals surface area contributed by atoms with E-state index in [1.165, 1.54) is 13.5 Å². The van der Waals surface area contributed by atoms with Crippen LogP contribution in [0.3, 0.4) is 0 Å². The molecule has 1 unspecified atom stereocenters. The van der Waals surface area contributed by atoms with Crippen molar-refractivity contribution in [1.82, 2.24) is 10.3 Å². The number of anilines is 1. The van der Waals surface area contributed by atoms with E-state index in [9.17, 15) is 4.79 Å². The summed E-state index contributed by atoms with van der Waals surface area (Å²) < 4.78 is 10.8. The molecular weight excluding hydrogens is 358 g/mol. The topological polar surface area (TPSA) is 92.3 Å². The number of oxazole rings is 1. The summed E-state index contributed by atoms with van der Waals surface area (Å²) in [5.74, 6) is 2.11. The Labute approximate surface area is 163 Å². The molecule has 8 nitrogen and oxygen atoms in total. The second kappa shape index (κ2) is 8.24. The maximum Gasteiger partial charge on any atom is 0.407 e. The highest BCUT2D eigenvalue weighted by Gasteiger charge is 2.29. The number of amides is 1. The van der Waals surface area contributed by atoms with Crippen LogP contribution in [-0.4, -0.2) is 37.8 Å². The van der Waals surface area contributed by atoms with Gasteiger partial charge in [-0.1, -0.05) is 18.2 Å². The number of benzene rings is 1. The largest absolute Gasteiger partial charge is 0.453 e. The monoisotopic (exact) mass is 381 g/mol. The molecule has 0 radical (unpaired) electrons. The molecule has 146 valence electrons. The quantitative estimate of drug-likeness (QED) is 0.842. The summed E-state index contributed by atoms with van der Waals surface area (Å²) in [6.45, 7) is 2.17. The first-order chi connectivity index (χ1) is 13.7. The van der Waals surface area contributed by atoms with E-state index in [1.807, 2.05) is 36.4 Å². The van der Waals surface area contributed by atoms with Gasteiger partial charge in [0.1, 0.15) is 0 Å². The highest BCUT2D eigenvalue weighted by molar-refractivity contribution is 5.67. The predicted octanol–water partition coefficient (Wildman–Crippen LogP) is 4.08. The van der Waals surface area contributed by atoms with Crippen LogP contribution in [0.4, 0.5) is 10.6 Å². The minimum atomic E-state index is -0.500. The van der Waals surface area contributed by atoms with Crippen LogP contribution in [0.25, 0.3) is 11.5 Å². The molecule has 2 aliphatic rings. The van der Waals surface area contributed by atoms with Gasteiger partial charge in [0.15, 0.2) is 17.6 Å². The molecule has 1 saturated heterocycles. The summed E-state index contributed by atoms with van der Waals surface area (Å²) >= 11 is 0. The molecule has 3 heterocycles. The summed E-state index contributed by atoms with van der Waals surface area (Å²) in [5.41, 5.74) is 1.59. The Kier molecular flexibility index (Phi) is 5.36. The molecule has 1 amide bonds. The number of ether oxygens (including phenoxy) is 1. The number of hydrogen-bond acceptors (Lipinski definition) is 7. The average molecular weight is 381 g/mol. The minimum absolute atomic E-state index is 0.255. The van der Waals surface area contributed by atoms with Crippen LogP contribution in [0.1, 0.15) is 31.1 Å². The summed E-state index contributed by atoms with van der Waals surface area (Å²) in [6.07, 6.45) is 4.91. The fourth-order valence-electron chi connectivity index (χ4n) is 3.40. The number of piperidine rings is 1. The Balaban J connectivity index is 1.62. The van der Waals surface area contributed by atoms with Crippen LogP contribution in [-0.2, 0) is 4.74 Å². The highest BCUT2D eigenvalue weighted by atomic mass is 16.5. The molecule has 1 fully saturated rings. The number of aromatic nitrogens is 1.